The number of halogens is 6. The Balaban J connectivity index is 3.66. The molecule has 1 heterocycles. The van der Waals surface area contributed by atoms with Crippen molar-refractivity contribution in [2.45, 2.75) is 19.1 Å². The van der Waals surface area contributed by atoms with Crippen molar-refractivity contribution in [1.29, 1.82) is 0 Å². The van der Waals surface area contributed by atoms with E-state index in [9.17, 15) is 26.7 Å². The van der Waals surface area contributed by atoms with Gasteiger partial charge in [0.05, 0.1) is 16.8 Å². The molecule has 0 spiro atoms. The number of carbonyl (C=O) groups is 1. The molecule has 0 saturated heterocycles. The third-order valence-electron chi connectivity index (χ3n) is 2.03. The molecule has 0 radical (unpaired) electrons. The highest BCUT2D eigenvalue weighted by molar-refractivity contribution is 6.67. The normalized spacial score (nSPS) is 12.0. The van der Waals surface area contributed by atoms with E-state index >= 15 is 0 Å². The lowest BCUT2D eigenvalue weighted by atomic mass is 10.0. The zero-order valence-corrected chi connectivity index (χ0v) is 9.32. The summed E-state index contributed by atoms with van der Waals surface area (Å²) in [4.78, 5) is 14.2. The highest BCUT2D eigenvalue weighted by atomic mass is 35.5. The minimum Gasteiger partial charge on any atom is -0.325 e. The number of alkyl halides is 5. The van der Waals surface area contributed by atoms with Crippen LogP contribution >= 0.6 is 11.6 Å². The van der Waals surface area contributed by atoms with E-state index in [1.807, 2.05) is 0 Å². The highest BCUT2D eigenvalue weighted by Crippen LogP contribution is 2.38. The van der Waals surface area contributed by atoms with Crippen molar-refractivity contribution in [2.24, 2.45) is 5.73 Å². The molecule has 0 saturated carbocycles. The second-order valence-corrected chi connectivity index (χ2v) is 3.54. The maximum Gasteiger partial charge on any atom is 0.417 e. The second-order valence-electron chi connectivity index (χ2n) is 3.20. The lowest BCUT2D eigenvalue weighted by Crippen LogP contribution is -2.17. The summed E-state index contributed by atoms with van der Waals surface area (Å²) in [7, 11) is 0. The fourth-order valence-electron chi connectivity index (χ4n) is 1.32. The predicted molar refractivity (Wildman–Crippen MR) is 52.3 cm³/mol. The van der Waals surface area contributed by atoms with Gasteiger partial charge in [-0.15, -0.1) is 0 Å². The van der Waals surface area contributed by atoms with Gasteiger partial charge in [0.1, 0.15) is 5.69 Å². The van der Waals surface area contributed by atoms with E-state index < -0.39 is 41.2 Å². The van der Waals surface area contributed by atoms with Gasteiger partial charge in [-0.3, -0.25) is 4.79 Å². The number of pyridine rings is 1. The molecule has 0 atom stereocenters. The van der Waals surface area contributed by atoms with Gasteiger partial charge < -0.3 is 5.73 Å². The first-order valence-electron chi connectivity index (χ1n) is 4.47. The van der Waals surface area contributed by atoms with Crippen LogP contribution in [0.1, 0.15) is 33.7 Å². The first kappa shape index (κ1) is 14.8. The molecule has 0 aliphatic heterocycles. The van der Waals surface area contributed by atoms with E-state index in [2.05, 4.69) is 4.98 Å². The quantitative estimate of drug-likeness (QED) is 0.687. The van der Waals surface area contributed by atoms with Crippen molar-refractivity contribution >= 4 is 16.8 Å². The van der Waals surface area contributed by atoms with Gasteiger partial charge in [0.2, 0.25) is 0 Å². The van der Waals surface area contributed by atoms with Gasteiger partial charge >= 0.3 is 6.18 Å². The molecule has 0 aromatic carbocycles. The van der Waals surface area contributed by atoms with Gasteiger partial charge in [-0.2, -0.15) is 13.2 Å². The molecule has 0 amide bonds. The van der Waals surface area contributed by atoms with E-state index in [0.29, 0.717) is 6.07 Å². The van der Waals surface area contributed by atoms with Crippen LogP contribution in [0.15, 0.2) is 6.07 Å². The molecule has 3 nitrogen and oxygen atoms in total. The summed E-state index contributed by atoms with van der Waals surface area (Å²) >= 11 is 4.96. The number of hydrogen-bond donors (Lipinski definition) is 1. The van der Waals surface area contributed by atoms with Gasteiger partial charge in [-0.1, -0.05) is 0 Å². The van der Waals surface area contributed by atoms with Crippen LogP contribution in [-0.2, 0) is 12.7 Å². The Morgan fingerprint density at radius 2 is 2.00 bits per heavy atom. The third-order valence-corrected chi connectivity index (χ3v) is 2.21. The van der Waals surface area contributed by atoms with Crippen LogP contribution in [0.2, 0.25) is 0 Å². The van der Waals surface area contributed by atoms with Crippen LogP contribution in [0, 0.1) is 0 Å². The van der Waals surface area contributed by atoms with E-state index in [1.54, 1.807) is 0 Å². The first-order chi connectivity index (χ1) is 8.18. The van der Waals surface area contributed by atoms with Crippen LogP contribution < -0.4 is 5.73 Å². The summed E-state index contributed by atoms with van der Waals surface area (Å²) in [5, 5.41) is -1.49. The summed E-state index contributed by atoms with van der Waals surface area (Å²) in [6.45, 7) is -0.441. The molecule has 0 aliphatic rings. The Bertz CT molecular complexity index is 475. The number of nitrogens with zero attached hydrogens (tertiary/aromatic N) is 1. The molecule has 1 rings (SSSR count). The molecular formula is C9H6ClF5N2O. The predicted octanol–water partition coefficient (Wildman–Crippen LogP) is 2.88. The number of hydrogen-bond acceptors (Lipinski definition) is 3. The zero-order valence-electron chi connectivity index (χ0n) is 8.56. The maximum atomic E-state index is 12.6. The van der Waals surface area contributed by atoms with Gasteiger partial charge in [-0.25, -0.2) is 13.8 Å². The largest absolute Gasteiger partial charge is 0.417 e. The monoisotopic (exact) mass is 288 g/mol. The third kappa shape index (κ3) is 2.94. The zero-order chi connectivity index (χ0) is 14.1. The molecule has 2 N–H and O–H groups in total. The van der Waals surface area contributed by atoms with Crippen LogP contribution in [-0.4, -0.2) is 10.2 Å². The van der Waals surface area contributed by atoms with Gasteiger partial charge in [-0.05, 0) is 17.7 Å². The molecule has 0 bridgehead atoms. The molecule has 1 aromatic rings. The number of aromatic nitrogens is 1. The smallest absolute Gasteiger partial charge is 0.325 e. The average molecular weight is 289 g/mol. The molecule has 1 aromatic heterocycles. The van der Waals surface area contributed by atoms with Crippen LogP contribution in [0.25, 0.3) is 0 Å². The minimum absolute atomic E-state index is 0.351. The van der Waals surface area contributed by atoms with Crippen LogP contribution in [0.4, 0.5) is 22.0 Å². The Morgan fingerprint density at radius 1 is 1.44 bits per heavy atom. The maximum absolute atomic E-state index is 12.6. The van der Waals surface area contributed by atoms with E-state index in [0.717, 1.165) is 0 Å². The lowest BCUT2D eigenvalue weighted by Gasteiger charge is -2.15. The molecule has 0 aliphatic carbocycles. The molecule has 18 heavy (non-hydrogen) atoms. The number of nitrogens with two attached hydrogens (primary N) is 1. The SMILES string of the molecule is NCc1cc(C(F)(F)F)c(C(F)F)c(C(=O)Cl)n1. The van der Waals surface area contributed by atoms with Crippen molar-refractivity contribution in [3.8, 4) is 0 Å². The summed E-state index contributed by atoms with van der Waals surface area (Å²) in [6, 6.07) is 0.380. The van der Waals surface area contributed by atoms with Gasteiger partial charge in [0, 0.05) is 6.54 Å². The number of carbonyl (C=O) groups excluding carboxylic acids is 1. The molecule has 100 valence electrons. The molecular weight excluding hydrogens is 283 g/mol. The highest BCUT2D eigenvalue weighted by Gasteiger charge is 2.39. The Morgan fingerprint density at radius 3 is 2.33 bits per heavy atom. The van der Waals surface area contributed by atoms with E-state index in [4.69, 9.17) is 17.3 Å². The summed E-state index contributed by atoms with van der Waals surface area (Å²) in [6.07, 6.45) is -8.58. The lowest BCUT2D eigenvalue weighted by molar-refractivity contribution is -0.139. The van der Waals surface area contributed by atoms with Gasteiger partial charge in [0.25, 0.3) is 11.7 Å². The average Bonchev–Trinajstić information content (AvgIpc) is 2.25. The van der Waals surface area contributed by atoms with Crippen molar-refractivity contribution < 1.29 is 26.7 Å². The fraction of sp³-hybridized carbons (Fsp3) is 0.333. The van der Waals surface area contributed by atoms with Crippen LogP contribution in [0.5, 0.6) is 0 Å². The van der Waals surface area contributed by atoms with Crippen molar-refractivity contribution in [2.75, 3.05) is 0 Å². The van der Waals surface area contributed by atoms with Gasteiger partial charge in [0.15, 0.2) is 0 Å². The van der Waals surface area contributed by atoms with E-state index in [1.165, 1.54) is 0 Å². The summed E-state index contributed by atoms with van der Waals surface area (Å²) in [5.41, 5.74) is 0.427. The van der Waals surface area contributed by atoms with Crippen LogP contribution in [0.3, 0.4) is 0 Å². The minimum atomic E-state index is -5.06. The molecule has 9 heteroatoms. The first-order valence-corrected chi connectivity index (χ1v) is 4.85. The summed E-state index contributed by atoms with van der Waals surface area (Å²) < 4.78 is 63.1. The Hall–Kier alpha value is -1.28. The van der Waals surface area contributed by atoms with E-state index in [-0.39, 0.29) is 5.69 Å². The standard InChI is InChI=1S/C9H6ClF5N2O/c10-7(18)6-5(8(11)12)4(9(13,14)15)1-3(2-16)17-6/h1,8H,2,16H2. The van der Waals surface area contributed by atoms with Crippen molar-refractivity contribution in [3.63, 3.8) is 0 Å². The fourth-order valence-corrected chi connectivity index (χ4v) is 1.46. The topological polar surface area (TPSA) is 56.0 Å². The second kappa shape index (κ2) is 5.15. The molecule has 0 unspecified atom stereocenters. The Labute approximate surface area is 103 Å². The number of rotatable bonds is 3. The van der Waals surface area contributed by atoms with Crippen molar-refractivity contribution in [1.82, 2.24) is 4.98 Å². The molecule has 0 fully saturated rings. The van der Waals surface area contributed by atoms with Crippen molar-refractivity contribution in [3.05, 3.63) is 28.6 Å². The Kier molecular flexibility index (Phi) is 4.23. The summed E-state index contributed by atoms with van der Waals surface area (Å²) in [5.74, 6) is 0.